The predicted octanol–water partition coefficient (Wildman–Crippen LogP) is 1.57. The van der Waals surface area contributed by atoms with Gasteiger partial charge >= 0.3 is 5.97 Å². The minimum Gasteiger partial charge on any atom is -0.465 e. The molecule has 1 aliphatic rings. The highest BCUT2D eigenvalue weighted by atomic mass is 32.2. The second kappa shape index (κ2) is 7.96. The van der Waals surface area contributed by atoms with Gasteiger partial charge in [0.2, 0.25) is 17.7 Å². The number of nitrogens with zero attached hydrogens (tertiary/aromatic N) is 1. The number of hydrogen-bond acceptors (Lipinski definition) is 6. The molecule has 1 fully saturated rings. The molecule has 1 saturated heterocycles. The number of benzene rings is 1. The molecular formula is C16H18N2O5S. The molecule has 128 valence electrons. The zero-order chi connectivity index (χ0) is 17.7. The fourth-order valence-corrected chi connectivity index (χ4v) is 3.20. The van der Waals surface area contributed by atoms with E-state index < -0.39 is 11.2 Å². The lowest BCUT2D eigenvalue weighted by molar-refractivity contribution is -0.139. The Morgan fingerprint density at radius 3 is 2.54 bits per heavy atom. The molecular weight excluding hydrogens is 332 g/mol. The smallest absolute Gasteiger partial charge is 0.315 e. The van der Waals surface area contributed by atoms with Crippen LogP contribution in [0.3, 0.4) is 0 Å². The second-order valence-electron chi connectivity index (χ2n) is 5.10. The van der Waals surface area contributed by atoms with Gasteiger partial charge in [-0.1, -0.05) is 0 Å². The van der Waals surface area contributed by atoms with Gasteiger partial charge in [0.25, 0.3) is 0 Å². The van der Waals surface area contributed by atoms with Gasteiger partial charge in [0, 0.05) is 19.0 Å². The predicted molar refractivity (Wildman–Crippen MR) is 90.7 cm³/mol. The Bertz CT molecular complexity index is 659. The van der Waals surface area contributed by atoms with E-state index >= 15 is 0 Å². The van der Waals surface area contributed by atoms with Crippen molar-refractivity contribution in [2.45, 2.75) is 25.5 Å². The van der Waals surface area contributed by atoms with E-state index in [9.17, 15) is 19.2 Å². The molecule has 0 bridgehead atoms. The van der Waals surface area contributed by atoms with Gasteiger partial charge in [-0.05, 0) is 31.2 Å². The summed E-state index contributed by atoms with van der Waals surface area (Å²) in [4.78, 5) is 48.0. The third kappa shape index (κ3) is 4.35. The first-order chi connectivity index (χ1) is 11.4. The molecule has 1 aromatic carbocycles. The molecule has 24 heavy (non-hydrogen) atoms. The lowest BCUT2D eigenvalue weighted by Crippen LogP contribution is -2.31. The van der Waals surface area contributed by atoms with Gasteiger partial charge in [0.15, 0.2) is 0 Å². The maximum atomic E-state index is 12.4. The Kier molecular flexibility index (Phi) is 5.97. The van der Waals surface area contributed by atoms with Crippen molar-refractivity contribution in [3.8, 4) is 0 Å². The van der Waals surface area contributed by atoms with E-state index in [0.29, 0.717) is 11.4 Å². The zero-order valence-electron chi connectivity index (χ0n) is 13.4. The van der Waals surface area contributed by atoms with Crippen molar-refractivity contribution in [1.29, 1.82) is 0 Å². The first kappa shape index (κ1) is 18.0. The molecule has 0 aliphatic carbocycles. The SMILES string of the molecule is CCOC(=O)CSC1CC(=O)N(c2ccc(NC(C)=O)cc2)C1=O. The maximum absolute atomic E-state index is 12.4. The first-order valence-corrected chi connectivity index (χ1v) is 8.49. The number of imide groups is 1. The van der Waals surface area contributed by atoms with Crippen LogP contribution in [0.4, 0.5) is 11.4 Å². The van der Waals surface area contributed by atoms with Gasteiger partial charge in [-0.25, -0.2) is 4.90 Å². The van der Waals surface area contributed by atoms with Crippen molar-refractivity contribution in [1.82, 2.24) is 0 Å². The molecule has 1 aliphatic heterocycles. The second-order valence-corrected chi connectivity index (χ2v) is 6.30. The molecule has 1 N–H and O–H groups in total. The largest absolute Gasteiger partial charge is 0.465 e. The van der Waals surface area contributed by atoms with Gasteiger partial charge in [-0.2, -0.15) is 0 Å². The molecule has 1 unspecified atom stereocenters. The van der Waals surface area contributed by atoms with Crippen LogP contribution in [-0.4, -0.2) is 41.3 Å². The highest BCUT2D eigenvalue weighted by molar-refractivity contribution is 8.01. The summed E-state index contributed by atoms with van der Waals surface area (Å²) in [5.41, 5.74) is 1.02. The minimum atomic E-state index is -0.586. The average molecular weight is 350 g/mol. The van der Waals surface area contributed by atoms with Crippen LogP contribution >= 0.6 is 11.8 Å². The van der Waals surface area contributed by atoms with E-state index in [1.54, 1.807) is 31.2 Å². The number of ether oxygens (including phenoxy) is 1. The molecule has 0 spiro atoms. The van der Waals surface area contributed by atoms with E-state index in [1.165, 1.54) is 6.92 Å². The number of amides is 3. The van der Waals surface area contributed by atoms with Crippen molar-refractivity contribution >= 4 is 46.8 Å². The first-order valence-electron chi connectivity index (χ1n) is 7.44. The number of carbonyl (C=O) groups is 4. The number of esters is 1. The monoisotopic (exact) mass is 350 g/mol. The van der Waals surface area contributed by atoms with Gasteiger partial charge < -0.3 is 10.1 Å². The third-order valence-corrected chi connectivity index (χ3v) is 4.43. The quantitative estimate of drug-likeness (QED) is 0.618. The Morgan fingerprint density at radius 1 is 1.29 bits per heavy atom. The number of rotatable bonds is 6. The lowest BCUT2D eigenvalue weighted by Gasteiger charge is -2.15. The maximum Gasteiger partial charge on any atom is 0.315 e. The summed E-state index contributed by atoms with van der Waals surface area (Å²) in [5, 5.41) is 2.03. The highest BCUT2D eigenvalue weighted by Crippen LogP contribution is 2.30. The molecule has 3 amide bonds. The average Bonchev–Trinajstić information content (AvgIpc) is 2.80. The summed E-state index contributed by atoms with van der Waals surface area (Å²) >= 11 is 1.11. The topological polar surface area (TPSA) is 92.8 Å². The van der Waals surface area contributed by atoms with Gasteiger partial charge in [0.05, 0.1) is 23.3 Å². The summed E-state index contributed by atoms with van der Waals surface area (Å²) in [6.45, 7) is 3.38. The molecule has 1 aromatic rings. The summed E-state index contributed by atoms with van der Waals surface area (Å²) in [7, 11) is 0. The molecule has 1 heterocycles. The van der Waals surface area contributed by atoms with Crippen LogP contribution in [0.2, 0.25) is 0 Å². The third-order valence-electron chi connectivity index (χ3n) is 3.26. The molecule has 2 rings (SSSR count). The van der Waals surface area contributed by atoms with E-state index in [1.807, 2.05) is 0 Å². The summed E-state index contributed by atoms with van der Waals surface area (Å²) in [6, 6.07) is 6.44. The van der Waals surface area contributed by atoms with Crippen LogP contribution in [0.25, 0.3) is 0 Å². The summed E-state index contributed by atoms with van der Waals surface area (Å²) in [5.74, 6) is -1.23. The van der Waals surface area contributed by atoms with E-state index in [0.717, 1.165) is 16.7 Å². The summed E-state index contributed by atoms with van der Waals surface area (Å²) < 4.78 is 4.82. The van der Waals surface area contributed by atoms with Crippen LogP contribution in [0.5, 0.6) is 0 Å². The number of nitrogens with one attached hydrogen (secondary N) is 1. The van der Waals surface area contributed by atoms with Crippen molar-refractivity contribution < 1.29 is 23.9 Å². The lowest BCUT2D eigenvalue weighted by atomic mass is 10.2. The Balaban J connectivity index is 2.03. The molecule has 8 heteroatoms. The van der Waals surface area contributed by atoms with E-state index in [-0.39, 0.29) is 36.5 Å². The fraction of sp³-hybridized carbons (Fsp3) is 0.375. The van der Waals surface area contributed by atoms with E-state index in [2.05, 4.69) is 5.32 Å². The van der Waals surface area contributed by atoms with Crippen LogP contribution < -0.4 is 10.2 Å². The van der Waals surface area contributed by atoms with Crippen molar-refractivity contribution in [3.63, 3.8) is 0 Å². The Morgan fingerprint density at radius 2 is 1.96 bits per heavy atom. The molecule has 0 saturated carbocycles. The molecule has 1 atom stereocenters. The van der Waals surface area contributed by atoms with Crippen LogP contribution in [0, 0.1) is 0 Å². The number of thioether (sulfide) groups is 1. The Labute approximate surface area is 143 Å². The normalized spacial score (nSPS) is 17.1. The van der Waals surface area contributed by atoms with Crippen molar-refractivity contribution in [2.24, 2.45) is 0 Å². The van der Waals surface area contributed by atoms with Crippen LogP contribution in [0.1, 0.15) is 20.3 Å². The van der Waals surface area contributed by atoms with Gasteiger partial charge in [0.1, 0.15) is 0 Å². The molecule has 0 aromatic heterocycles. The van der Waals surface area contributed by atoms with Crippen molar-refractivity contribution in [2.75, 3.05) is 22.6 Å². The van der Waals surface area contributed by atoms with Gasteiger partial charge in [-0.15, -0.1) is 11.8 Å². The Hall–Kier alpha value is -2.35. The van der Waals surface area contributed by atoms with Crippen molar-refractivity contribution in [3.05, 3.63) is 24.3 Å². The number of hydrogen-bond donors (Lipinski definition) is 1. The minimum absolute atomic E-state index is 0.0346. The highest BCUT2D eigenvalue weighted by Gasteiger charge is 2.40. The zero-order valence-corrected chi connectivity index (χ0v) is 14.2. The van der Waals surface area contributed by atoms with E-state index in [4.69, 9.17) is 4.74 Å². The van der Waals surface area contributed by atoms with Gasteiger partial charge in [-0.3, -0.25) is 19.2 Å². The number of carbonyl (C=O) groups excluding carboxylic acids is 4. The fourth-order valence-electron chi connectivity index (χ4n) is 2.27. The molecule has 0 radical (unpaired) electrons. The van der Waals surface area contributed by atoms with Crippen LogP contribution in [-0.2, 0) is 23.9 Å². The number of anilines is 2. The molecule has 7 nitrogen and oxygen atoms in total. The van der Waals surface area contributed by atoms with Crippen LogP contribution in [0.15, 0.2) is 24.3 Å². The standard InChI is InChI=1S/C16H18N2O5S/c1-3-23-15(21)9-24-13-8-14(20)18(16(13)22)12-6-4-11(5-7-12)17-10(2)19/h4-7,13H,3,8-9H2,1-2H3,(H,17,19). The summed E-state index contributed by atoms with van der Waals surface area (Å²) in [6.07, 6.45) is 0.0519.